The molecular formula is C21H19N5O. The summed E-state index contributed by atoms with van der Waals surface area (Å²) < 4.78 is 0. The molecule has 1 saturated heterocycles. The maximum absolute atomic E-state index is 13.2. The van der Waals surface area contributed by atoms with E-state index in [1.165, 1.54) is 4.90 Å². The first-order valence-electron chi connectivity index (χ1n) is 8.89. The van der Waals surface area contributed by atoms with E-state index in [0.29, 0.717) is 23.8 Å². The molecule has 1 aliphatic heterocycles. The van der Waals surface area contributed by atoms with E-state index < -0.39 is 6.04 Å². The monoisotopic (exact) mass is 357 g/mol. The number of pyridine rings is 2. The van der Waals surface area contributed by atoms with Crippen molar-refractivity contribution in [3.8, 4) is 6.07 Å². The molecule has 3 heterocycles. The number of nitriles is 1. The number of anilines is 2. The van der Waals surface area contributed by atoms with Gasteiger partial charge in [0.05, 0.1) is 36.4 Å². The van der Waals surface area contributed by atoms with Crippen molar-refractivity contribution in [2.75, 3.05) is 16.3 Å². The Labute approximate surface area is 157 Å². The maximum atomic E-state index is 13.2. The molecule has 0 unspecified atom stereocenters. The Bertz CT molecular complexity index is 1030. The highest BCUT2D eigenvalue weighted by Gasteiger charge is 2.40. The van der Waals surface area contributed by atoms with Gasteiger partial charge in [-0.3, -0.25) is 19.8 Å². The number of fused-ring (bicyclic) bond motifs is 1. The maximum Gasteiger partial charge on any atom is 0.330 e. The molecule has 6 heteroatoms. The molecule has 4 rings (SSSR count). The lowest BCUT2D eigenvalue weighted by Gasteiger charge is -2.21. The van der Waals surface area contributed by atoms with Gasteiger partial charge in [-0.25, -0.2) is 4.79 Å². The molecule has 0 spiro atoms. The predicted octanol–water partition coefficient (Wildman–Crippen LogP) is 4.09. The van der Waals surface area contributed by atoms with Gasteiger partial charge in [0.25, 0.3) is 0 Å². The Hall–Kier alpha value is -3.46. The van der Waals surface area contributed by atoms with E-state index >= 15 is 0 Å². The summed E-state index contributed by atoms with van der Waals surface area (Å²) in [6, 6.07) is 13.0. The predicted molar refractivity (Wildman–Crippen MR) is 105 cm³/mol. The van der Waals surface area contributed by atoms with Crippen LogP contribution in [0.5, 0.6) is 0 Å². The molecule has 2 aromatic heterocycles. The van der Waals surface area contributed by atoms with Crippen LogP contribution in [0.15, 0.2) is 55.0 Å². The lowest BCUT2D eigenvalue weighted by atomic mass is 10.1. The zero-order valence-electron chi connectivity index (χ0n) is 15.2. The van der Waals surface area contributed by atoms with E-state index in [1.54, 1.807) is 23.5 Å². The zero-order valence-corrected chi connectivity index (χ0v) is 15.2. The van der Waals surface area contributed by atoms with Gasteiger partial charge in [-0.2, -0.15) is 5.26 Å². The third-order valence-corrected chi connectivity index (χ3v) is 4.83. The van der Waals surface area contributed by atoms with Crippen LogP contribution in [0, 0.1) is 11.3 Å². The van der Waals surface area contributed by atoms with Crippen LogP contribution < -0.4 is 9.80 Å². The topological polar surface area (TPSA) is 73.1 Å². The molecule has 2 amide bonds. The van der Waals surface area contributed by atoms with Crippen molar-refractivity contribution in [1.29, 1.82) is 5.26 Å². The number of rotatable bonds is 3. The van der Waals surface area contributed by atoms with Crippen molar-refractivity contribution in [3.63, 3.8) is 0 Å². The first-order chi connectivity index (χ1) is 13.1. The van der Waals surface area contributed by atoms with E-state index in [0.717, 1.165) is 16.5 Å². The SMILES string of the molecule is CC(C)c1ccc(N2C[C@@H](C#N)N(c3cncc4ccccc34)C2=O)cn1. The fraction of sp³-hybridized carbons (Fsp3) is 0.238. The van der Waals surface area contributed by atoms with Gasteiger partial charge in [0, 0.05) is 22.7 Å². The molecule has 134 valence electrons. The lowest BCUT2D eigenvalue weighted by molar-refractivity contribution is 0.255. The number of carbonyl (C=O) groups excluding carboxylic acids is 1. The number of hydrogen-bond acceptors (Lipinski definition) is 4. The fourth-order valence-electron chi connectivity index (χ4n) is 3.37. The van der Waals surface area contributed by atoms with Crippen LogP contribution in [-0.2, 0) is 0 Å². The summed E-state index contributed by atoms with van der Waals surface area (Å²) in [7, 11) is 0. The smallest absolute Gasteiger partial charge is 0.289 e. The Kier molecular flexibility index (Phi) is 4.21. The van der Waals surface area contributed by atoms with Gasteiger partial charge in [-0.05, 0) is 18.1 Å². The second-order valence-corrected chi connectivity index (χ2v) is 6.88. The third-order valence-electron chi connectivity index (χ3n) is 4.83. The van der Waals surface area contributed by atoms with Crippen LogP contribution >= 0.6 is 0 Å². The number of carbonyl (C=O) groups is 1. The summed E-state index contributed by atoms with van der Waals surface area (Å²) in [5, 5.41) is 11.5. The summed E-state index contributed by atoms with van der Waals surface area (Å²) in [6.45, 7) is 4.44. The van der Waals surface area contributed by atoms with Gasteiger partial charge in [0.15, 0.2) is 0 Å². The van der Waals surface area contributed by atoms with Crippen molar-refractivity contribution in [1.82, 2.24) is 9.97 Å². The fourth-order valence-corrected chi connectivity index (χ4v) is 3.37. The molecule has 1 aromatic carbocycles. The number of hydrogen-bond donors (Lipinski definition) is 0. The van der Waals surface area contributed by atoms with Crippen LogP contribution in [0.1, 0.15) is 25.5 Å². The van der Waals surface area contributed by atoms with Gasteiger partial charge >= 0.3 is 6.03 Å². The molecule has 0 saturated carbocycles. The normalized spacial score (nSPS) is 17.0. The Morgan fingerprint density at radius 2 is 1.96 bits per heavy atom. The molecule has 27 heavy (non-hydrogen) atoms. The Morgan fingerprint density at radius 1 is 1.15 bits per heavy atom. The van der Waals surface area contributed by atoms with E-state index in [2.05, 4.69) is 29.9 Å². The summed E-state index contributed by atoms with van der Waals surface area (Å²) in [4.78, 5) is 25.0. The number of amides is 2. The largest absolute Gasteiger partial charge is 0.330 e. The quantitative estimate of drug-likeness (QED) is 0.707. The van der Waals surface area contributed by atoms with Crippen LogP contribution in [-0.4, -0.2) is 28.6 Å². The van der Waals surface area contributed by atoms with Gasteiger partial charge in [0.2, 0.25) is 0 Å². The minimum atomic E-state index is -0.588. The van der Waals surface area contributed by atoms with E-state index in [9.17, 15) is 10.1 Å². The van der Waals surface area contributed by atoms with Crippen molar-refractivity contribution < 1.29 is 4.79 Å². The van der Waals surface area contributed by atoms with Gasteiger partial charge in [-0.15, -0.1) is 0 Å². The van der Waals surface area contributed by atoms with Crippen molar-refractivity contribution in [2.45, 2.75) is 25.8 Å². The Morgan fingerprint density at radius 3 is 2.67 bits per heavy atom. The number of aromatic nitrogens is 2. The zero-order chi connectivity index (χ0) is 19.0. The minimum Gasteiger partial charge on any atom is -0.289 e. The van der Waals surface area contributed by atoms with Crippen LogP contribution in [0.2, 0.25) is 0 Å². The van der Waals surface area contributed by atoms with Crippen molar-refractivity contribution in [3.05, 3.63) is 60.7 Å². The molecule has 0 bridgehead atoms. The first-order valence-corrected chi connectivity index (χ1v) is 8.89. The number of urea groups is 1. The summed E-state index contributed by atoms with van der Waals surface area (Å²) in [6.07, 6.45) is 5.10. The van der Waals surface area contributed by atoms with Crippen LogP contribution in [0.3, 0.4) is 0 Å². The van der Waals surface area contributed by atoms with Crippen LogP contribution in [0.25, 0.3) is 10.8 Å². The van der Waals surface area contributed by atoms with Gasteiger partial charge in [-0.1, -0.05) is 38.1 Å². The second kappa shape index (κ2) is 6.69. The third kappa shape index (κ3) is 2.87. The molecular weight excluding hydrogens is 338 g/mol. The van der Waals surface area contributed by atoms with E-state index in [-0.39, 0.29) is 6.03 Å². The standard InChI is InChI=1S/C21H19N5O/c1-14(2)19-8-7-16(11-24-19)25-13-17(9-22)26(21(25)27)20-12-23-10-15-5-3-4-6-18(15)20/h3-8,10-12,14,17H,13H2,1-2H3/t17-/m1/s1. The number of nitrogens with zero attached hydrogens (tertiary/aromatic N) is 5. The molecule has 1 fully saturated rings. The summed E-state index contributed by atoms with van der Waals surface area (Å²) in [5.41, 5.74) is 2.32. The highest BCUT2D eigenvalue weighted by atomic mass is 16.2. The lowest BCUT2D eigenvalue weighted by Crippen LogP contribution is -2.34. The highest BCUT2D eigenvalue weighted by molar-refractivity contribution is 6.11. The van der Waals surface area contributed by atoms with Crippen molar-refractivity contribution >= 4 is 28.2 Å². The number of benzene rings is 1. The van der Waals surface area contributed by atoms with Crippen LogP contribution in [0.4, 0.5) is 16.2 Å². The van der Waals surface area contributed by atoms with Gasteiger partial charge in [0.1, 0.15) is 6.04 Å². The van der Waals surface area contributed by atoms with Gasteiger partial charge < -0.3 is 0 Å². The average molecular weight is 357 g/mol. The molecule has 0 aliphatic carbocycles. The Balaban J connectivity index is 1.74. The second-order valence-electron chi connectivity index (χ2n) is 6.88. The molecule has 1 aliphatic rings. The van der Waals surface area contributed by atoms with E-state index in [4.69, 9.17) is 0 Å². The van der Waals surface area contributed by atoms with E-state index in [1.807, 2.05) is 36.4 Å². The molecule has 0 radical (unpaired) electrons. The molecule has 6 nitrogen and oxygen atoms in total. The summed E-state index contributed by atoms with van der Waals surface area (Å²) in [5.74, 6) is 0.318. The first kappa shape index (κ1) is 17.0. The highest BCUT2D eigenvalue weighted by Crippen LogP contribution is 2.33. The summed E-state index contributed by atoms with van der Waals surface area (Å²) >= 11 is 0. The average Bonchev–Trinajstić information content (AvgIpc) is 3.03. The molecule has 3 aromatic rings. The minimum absolute atomic E-state index is 0.237. The van der Waals surface area contributed by atoms with Crippen molar-refractivity contribution in [2.24, 2.45) is 0 Å². The molecule has 0 N–H and O–H groups in total. The molecule has 1 atom stereocenters.